The molecular weight excluding hydrogens is 330 g/mol. The number of carbonyl (C=O) groups excluding carboxylic acids is 2. The Labute approximate surface area is 141 Å². The molecule has 0 saturated heterocycles. The molecule has 3 rings (SSSR count). The number of pyridine rings is 1. The van der Waals surface area contributed by atoms with Crippen LogP contribution in [-0.4, -0.2) is 32.9 Å². The minimum Gasteiger partial charge on any atom is -0.461 e. The molecule has 0 saturated carbocycles. The molecule has 0 N–H and O–H groups in total. The number of thiazole rings is 1. The maximum atomic E-state index is 12.1. The molecule has 0 fully saturated rings. The van der Waals surface area contributed by atoms with Crippen LogP contribution in [0.4, 0.5) is 0 Å². The first kappa shape index (κ1) is 16.1. The topological polar surface area (TPSA) is 82.8 Å². The van der Waals surface area contributed by atoms with E-state index < -0.39 is 11.9 Å². The van der Waals surface area contributed by atoms with Gasteiger partial charge in [-0.2, -0.15) is 0 Å². The average molecular weight is 345 g/mol. The summed E-state index contributed by atoms with van der Waals surface area (Å²) in [5.74, 6) is -1.02. The summed E-state index contributed by atoms with van der Waals surface area (Å²) < 4.78 is 11.8. The molecule has 3 aromatic heterocycles. The summed E-state index contributed by atoms with van der Waals surface area (Å²) in [6.45, 7) is 3.94. The first-order chi connectivity index (χ1) is 11.6. The molecule has 0 bridgehead atoms. The monoisotopic (exact) mass is 345 g/mol. The van der Waals surface area contributed by atoms with E-state index in [0.717, 1.165) is 16.9 Å². The standard InChI is InChI=1S/C16H15N3O4S/c1-3-22-16(21)14-17-11(9-24-14)8-23-15(20)12-7-19-5-4-10(2)6-13(19)18-12/h4-7,9H,3,8H2,1-2H3. The Kier molecular flexibility index (Phi) is 4.57. The van der Waals surface area contributed by atoms with E-state index in [9.17, 15) is 9.59 Å². The summed E-state index contributed by atoms with van der Waals surface area (Å²) >= 11 is 1.15. The molecule has 7 nitrogen and oxygen atoms in total. The van der Waals surface area contributed by atoms with Gasteiger partial charge in [0.05, 0.1) is 12.3 Å². The van der Waals surface area contributed by atoms with Crippen LogP contribution >= 0.6 is 11.3 Å². The highest BCUT2D eigenvalue weighted by atomic mass is 32.1. The van der Waals surface area contributed by atoms with E-state index in [1.54, 1.807) is 22.9 Å². The number of esters is 2. The third kappa shape index (κ3) is 3.43. The van der Waals surface area contributed by atoms with Crippen molar-refractivity contribution in [1.82, 2.24) is 14.4 Å². The Morgan fingerprint density at radius 3 is 2.88 bits per heavy atom. The summed E-state index contributed by atoms with van der Waals surface area (Å²) in [5.41, 5.74) is 2.46. The zero-order chi connectivity index (χ0) is 17.1. The highest BCUT2D eigenvalue weighted by Crippen LogP contribution is 2.13. The van der Waals surface area contributed by atoms with Crippen molar-refractivity contribution in [3.63, 3.8) is 0 Å². The molecule has 0 amide bonds. The smallest absolute Gasteiger partial charge is 0.367 e. The van der Waals surface area contributed by atoms with Gasteiger partial charge in [-0.15, -0.1) is 11.3 Å². The largest absolute Gasteiger partial charge is 0.461 e. The van der Waals surface area contributed by atoms with E-state index in [-0.39, 0.29) is 23.9 Å². The molecule has 0 aliphatic carbocycles. The number of nitrogens with zero attached hydrogens (tertiary/aromatic N) is 3. The molecule has 0 unspecified atom stereocenters. The van der Waals surface area contributed by atoms with Crippen LogP contribution in [0.1, 0.15) is 38.5 Å². The Morgan fingerprint density at radius 2 is 2.08 bits per heavy atom. The van der Waals surface area contributed by atoms with Gasteiger partial charge in [0.25, 0.3) is 0 Å². The van der Waals surface area contributed by atoms with Gasteiger partial charge in [-0.1, -0.05) is 0 Å². The van der Waals surface area contributed by atoms with Crippen molar-refractivity contribution >= 4 is 28.9 Å². The van der Waals surface area contributed by atoms with Crippen LogP contribution in [0.25, 0.3) is 5.65 Å². The van der Waals surface area contributed by atoms with Crippen LogP contribution in [0.5, 0.6) is 0 Å². The highest BCUT2D eigenvalue weighted by molar-refractivity contribution is 7.11. The molecule has 0 aliphatic heterocycles. The van der Waals surface area contributed by atoms with E-state index in [0.29, 0.717) is 11.3 Å². The molecule has 3 aromatic rings. The number of hydrogen-bond donors (Lipinski definition) is 0. The second kappa shape index (κ2) is 6.79. The summed E-state index contributed by atoms with van der Waals surface area (Å²) in [5, 5.41) is 1.90. The molecule has 24 heavy (non-hydrogen) atoms. The van der Waals surface area contributed by atoms with Gasteiger partial charge in [-0.3, -0.25) is 0 Å². The van der Waals surface area contributed by atoms with E-state index >= 15 is 0 Å². The SMILES string of the molecule is CCOC(=O)c1nc(COC(=O)c2cn3ccc(C)cc3n2)cs1. The number of fused-ring (bicyclic) bond motifs is 1. The lowest BCUT2D eigenvalue weighted by Gasteiger charge is -1.99. The van der Waals surface area contributed by atoms with E-state index in [4.69, 9.17) is 9.47 Å². The summed E-state index contributed by atoms with van der Waals surface area (Å²) in [4.78, 5) is 32.0. The Morgan fingerprint density at radius 1 is 1.25 bits per heavy atom. The van der Waals surface area contributed by atoms with Gasteiger partial charge in [0, 0.05) is 17.8 Å². The number of rotatable bonds is 5. The molecule has 0 atom stereocenters. The summed E-state index contributed by atoms with van der Waals surface area (Å²) in [6.07, 6.45) is 3.45. The zero-order valence-corrected chi connectivity index (χ0v) is 14.0. The van der Waals surface area contributed by atoms with E-state index in [1.165, 1.54) is 0 Å². The normalized spacial score (nSPS) is 10.8. The second-order valence-electron chi connectivity index (χ2n) is 5.04. The van der Waals surface area contributed by atoms with Crippen molar-refractivity contribution in [1.29, 1.82) is 0 Å². The van der Waals surface area contributed by atoms with Crippen molar-refractivity contribution in [3.05, 3.63) is 51.9 Å². The summed E-state index contributed by atoms with van der Waals surface area (Å²) in [6, 6.07) is 3.80. The molecule has 0 aliphatic rings. The van der Waals surface area contributed by atoms with Crippen molar-refractivity contribution in [3.8, 4) is 0 Å². The first-order valence-corrected chi connectivity index (χ1v) is 8.19. The van der Waals surface area contributed by atoms with Gasteiger partial charge in [-0.25, -0.2) is 19.6 Å². The van der Waals surface area contributed by atoms with Crippen LogP contribution in [0, 0.1) is 6.92 Å². The van der Waals surface area contributed by atoms with Crippen molar-refractivity contribution < 1.29 is 19.1 Å². The molecule has 3 heterocycles. The van der Waals surface area contributed by atoms with E-state index in [1.807, 2.05) is 25.3 Å². The first-order valence-electron chi connectivity index (χ1n) is 7.31. The molecule has 0 spiro atoms. The van der Waals surface area contributed by atoms with Gasteiger partial charge >= 0.3 is 11.9 Å². The van der Waals surface area contributed by atoms with Crippen molar-refractivity contribution in [2.75, 3.05) is 6.61 Å². The van der Waals surface area contributed by atoms with Crippen LogP contribution in [-0.2, 0) is 16.1 Å². The third-order valence-corrected chi connectivity index (χ3v) is 4.05. The predicted octanol–water partition coefficient (Wildman–Crippen LogP) is 2.63. The van der Waals surface area contributed by atoms with Crippen LogP contribution < -0.4 is 0 Å². The molecule has 8 heteroatoms. The van der Waals surface area contributed by atoms with Gasteiger partial charge < -0.3 is 13.9 Å². The fourth-order valence-electron chi connectivity index (χ4n) is 2.06. The molecule has 124 valence electrons. The van der Waals surface area contributed by atoms with Gasteiger partial charge in [0.1, 0.15) is 12.3 Å². The lowest BCUT2D eigenvalue weighted by molar-refractivity contribution is 0.0462. The van der Waals surface area contributed by atoms with Gasteiger partial charge in [0.2, 0.25) is 5.01 Å². The Bertz CT molecular complexity index is 900. The third-order valence-electron chi connectivity index (χ3n) is 3.18. The number of carbonyl (C=O) groups is 2. The molecular formula is C16H15N3O4S. The predicted molar refractivity (Wildman–Crippen MR) is 87.1 cm³/mol. The highest BCUT2D eigenvalue weighted by Gasteiger charge is 2.15. The summed E-state index contributed by atoms with van der Waals surface area (Å²) in [7, 11) is 0. The quantitative estimate of drug-likeness (QED) is 0.661. The lowest BCUT2D eigenvalue weighted by atomic mass is 10.3. The minimum absolute atomic E-state index is 0.0262. The maximum Gasteiger partial charge on any atom is 0.367 e. The number of imidazole rings is 1. The minimum atomic E-state index is -0.540. The van der Waals surface area contributed by atoms with E-state index in [2.05, 4.69) is 9.97 Å². The number of aryl methyl sites for hydroxylation is 1. The van der Waals surface area contributed by atoms with Gasteiger partial charge in [-0.05, 0) is 31.5 Å². The zero-order valence-electron chi connectivity index (χ0n) is 13.2. The fourth-order valence-corrected chi connectivity index (χ4v) is 2.75. The van der Waals surface area contributed by atoms with Gasteiger partial charge in [0.15, 0.2) is 5.69 Å². The Hall–Kier alpha value is -2.74. The number of hydrogen-bond acceptors (Lipinski definition) is 7. The fraction of sp³-hybridized carbons (Fsp3) is 0.250. The lowest BCUT2D eigenvalue weighted by Crippen LogP contribution is -2.07. The number of ether oxygens (including phenoxy) is 2. The average Bonchev–Trinajstić information content (AvgIpc) is 3.19. The molecule has 0 radical (unpaired) electrons. The Balaban J connectivity index is 1.65. The van der Waals surface area contributed by atoms with Crippen molar-refractivity contribution in [2.24, 2.45) is 0 Å². The number of aromatic nitrogens is 3. The second-order valence-corrected chi connectivity index (χ2v) is 5.89. The van der Waals surface area contributed by atoms with Crippen LogP contribution in [0.15, 0.2) is 29.9 Å². The van der Waals surface area contributed by atoms with Crippen LogP contribution in [0.3, 0.4) is 0 Å². The maximum absolute atomic E-state index is 12.1. The van der Waals surface area contributed by atoms with Crippen LogP contribution in [0.2, 0.25) is 0 Å². The molecule has 0 aromatic carbocycles. The van der Waals surface area contributed by atoms with Crippen molar-refractivity contribution in [2.45, 2.75) is 20.5 Å².